The zero-order valence-electron chi connectivity index (χ0n) is 66.1. The van der Waals surface area contributed by atoms with Gasteiger partial charge in [0.05, 0.1) is 64.3 Å². The van der Waals surface area contributed by atoms with E-state index in [9.17, 15) is 48.7 Å². The summed E-state index contributed by atoms with van der Waals surface area (Å²) < 4.78 is 160. The van der Waals surface area contributed by atoms with E-state index >= 15 is 0 Å². The smallest absolute Gasteiger partial charge is 0.219 e. The third kappa shape index (κ3) is 18.2. The number of carbonyl (C=O) groups is 1. The minimum atomic E-state index is -3.51. The molecule has 0 spiro atoms. The first-order valence-electron chi connectivity index (χ1n) is 37.7. The summed E-state index contributed by atoms with van der Waals surface area (Å²) in [7, 11) is -6.08. The molecule has 121 heavy (non-hydrogen) atoms. The Morgan fingerprint density at radius 1 is 0.446 bits per heavy atom. The molecule has 7 heterocycles. The fourth-order valence-electron chi connectivity index (χ4n) is 14.9. The monoisotopic (exact) mass is 2120 g/mol. The molecule has 17 rings (SSSR count). The van der Waals surface area contributed by atoms with Gasteiger partial charge in [-0.2, -0.15) is 8.70 Å². The number of hydrogen-bond donors (Lipinski definition) is 1. The van der Waals surface area contributed by atoms with E-state index in [0.717, 1.165) is 56.4 Å². The number of aliphatic hydroxyl groups excluding tert-OH is 1. The molecule has 6 unspecified atom stereocenters. The van der Waals surface area contributed by atoms with E-state index in [-0.39, 0.29) is 48.6 Å². The van der Waals surface area contributed by atoms with E-state index in [1.807, 2.05) is 198 Å². The lowest BCUT2D eigenvalue weighted by Gasteiger charge is -2.31. The maximum Gasteiger partial charge on any atom is 0.219 e. The van der Waals surface area contributed by atoms with Gasteiger partial charge in [-0.3, -0.25) is 4.79 Å². The molecule has 10 aromatic carbocycles. The van der Waals surface area contributed by atoms with Crippen LogP contribution in [0.25, 0.3) is 0 Å². The van der Waals surface area contributed by atoms with Gasteiger partial charge in [0.1, 0.15) is 79.8 Å². The fourth-order valence-corrected chi connectivity index (χ4v) is 21.9. The molecule has 0 radical (unpaired) electrons. The van der Waals surface area contributed by atoms with Gasteiger partial charge in [0.2, 0.25) is 10.0 Å². The number of halogens is 15. The number of fused-ring (bicyclic) bond motifs is 5. The van der Waals surface area contributed by atoms with Crippen molar-refractivity contribution >= 4 is 182 Å². The first-order valence-corrected chi connectivity index (χ1v) is 47.2. The SMILES string of the molecule is CC(C)(C)S(=O)(=O)N1CC1[C@@]1(c2ccccc2)Cc2c(cc(F)c(Cl)c2Br)O1.CC(C)(C)S(=O)N1CC1[C@@]1(c2ccccc2)Cc2c(cc(F)c(Cl)c2Br)O1.CC(C)(C)S(=O)N=C[C@@]1(c2ccccc2)Cc2c(cc(F)c(Cl)c2Br)O1.O=C[C@@]1(c2ccccc2)Cc2c(cc(F)c(Cl)c2Br)O1.OC[C@@]1(c2ccccc2)Cc2c(cc(F)c(Cl)c2Br)O1. The fraction of sp³-hybridized carbons (Fsp3) is 0.303. The molecule has 32 heteroatoms. The molecule has 0 aromatic heterocycles. The highest BCUT2D eigenvalue weighted by Crippen LogP contribution is 2.57. The minimum absolute atomic E-state index is 0.00109. The minimum Gasteiger partial charge on any atom is -0.480 e. The molecule has 11 atom stereocenters. The van der Waals surface area contributed by atoms with Crippen LogP contribution in [0.4, 0.5) is 22.0 Å². The van der Waals surface area contributed by atoms with Crippen molar-refractivity contribution < 1.29 is 72.4 Å². The van der Waals surface area contributed by atoms with Gasteiger partial charge in [-0.25, -0.2) is 43.1 Å². The molecule has 2 fully saturated rings. The van der Waals surface area contributed by atoms with Gasteiger partial charge in [-0.1, -0.05) is 210 Å². The van der Waals surface area contributed by atoms with Gasteiger partial charge < -0.3 is 28.8 Å². The summed E-state index contributed by atoms with van der Waals surface area (Å²) in [4.78, 5) is 11.6. The standard InChI is InChI=1S/C20H20BrClFNO3S.C20H20BrClFNO2S.C19H18BrClFNO2S.C15H11BrClFO2.C15H9BrClFO2/c1-19(2,3)28(25,26)24-11-16(24)20(12-7-5-4-6-8-12)10-13-15(27-20)9-14(23)18(22)17(13)21;1-19(2,3)27(25)24-11-16(24)20(12-7-5-4-6-8-12)10-13-15(26-20)9-14(23)18(22)17(13)21;1-18(2,3)26(24)23-11-19(12-7-5-4-6-8-12)10-13-15(25-19)9-14(22)17(21)16(13)20;2*16-13-10-7-15(8-19,9-4-2-1-3-5-9)20-12(10)6-11(18)14(13)17/h4-9,16H,10-11H2,1-3H3;4-9,16H,10-11H2,1-3H3;4-9,11H,10H2,1-3H3;1-6,19H,7-8H2;1-6,8H,7H2/t16?,20-,24?;16?,20-,24?,27?;19-,26?;2*15-/m00111/s1. The van der Waals surface area contributed by atoms with Crippen LogP contribution in [-0.4, -0.2) is 89.1 Å². The number of hydrogen-bond acceptors (Lipinski definition) is 11. The van der Waals surface area contributed by atoms with Crippen molar-refractivity contribution in [2.24, 2.45) is 4.40 Å². The Hall–Kier alpha value is -5.83. The van der Waals surface area contributed by atoms with E-state index in [1.165, 1.54) is 34.6 Å². The van der Waals surface area contributed by atoms with E-state index in [4.69, 9.17) is 81.7 Å². The molecule has 0 bridgehead atoms. The normalized spacial score (nSPS) is 23.6. The third-order valence-corrected chi connectivity index (χ3v) is 34.7. The van der Waals surface area contributed by atoms with Crippen molar-refractivity contribution in [3.63, 3.8) is 0 Å². The summed E-state index contributed by atoms with van der Waals surface area (Å²) in [5.74, 6) is -0.744. The first kappa shape index (κ1) is 92.8. The number of nitrogens with zero attached hydrogens (tertiary/aromatic N) is 3. The van der Waals surface area contributed by atoms with Crippen LogP contribution in [0.15, 0.2) is 209 Å². The predicted molar refractivity (Wildman–Crippen MR) is 485 cm³/mol. The summed E-state index contributed by atoms with van der Waals surface area (Å²) in [6.07, 6.45) is 4.41. The number of ether oxygens (including phenoxy) is 5. The highest BCUT2D eigenvalue weighted by molar-refractivity contribution is 9.11. The molecule has 7 aliphatic heterocycles. The lowest BCUT2D eigenvalue weighted by atomic mass is 9.86. The molecule has 14 nitrogen and oxygen atoms in total. The second kappa shape index (κ2) is 35.8. The van der Waals surface area contributed by atoms with E-state index in [0.29, 0.717) is 102 Å². The summed E-state index contributed by atoms with van der Waals surface area (Å²) in [5, 5.41) is 9.93. The molecular formula is C89H78Br5Cl5F5N3O11S3. The third-order valence-electron chi connectivity index (χ3n) is 21.5. The van der Waals surface area contributed by atoms with Crippen LogP contribution < -0.4 is 23.7 Å². The van der Waals surface area contributed by atoms with Crippen molar-refractivity contribution in [3.8, 4) is 28.7 Å². The van der Waals surface area contributed by atoms with Crippen molar-refractivity contribution in [1.29, 1.82) is 0 Å². The van der Waals surface area contributed by atoms with Crippen LogP contribution in [-0.2, 0) is 96.9 Å². The van der Waals surface area contributed by atoms with Gasteiger partial charge in [-0.05, 0) is 159 Å². The molecule has 1 N–H and O–H groups in total. The van der Waals surface area contributed by atoms with Crippen LogP contribution in [0.5, 0.6) is 28.7 Å². The average molecular weight is 2130 g/mol. The number of aliphatic hydroxyl groups is 1. The summed E-state index contributed by atoms with van der Waals surface area (Å²) in [5.41, 5.74) is 3.46. The highest BCUT2D eigenvalue weighted by Gasteiger charge is 2.64. The molecule has 10 aromatic rings. The molecule has 0 amide bonds. The molecule has 638 valence electrons. The van der Waals surface area contributed by atoms with Crippen molar-refractivity contribution in [2.45, 2.75) is 149 Å². The van der Waals surface area contributed by atoms with Gasteiger partial charge in [-0.15, -0.1) is 0 Å². The molecule has 0 aliphatic carbocycles. The second-order valence-corrected chi connectivity index (χ2v) is 45.3. The van der Waals surface area contributed by atoms with Gasteiger partial charge in [0, 0.05) is 137 Å². The van der Waals surface area contributed by atoms with Crippen LogP contribution in [0.1, 0.15) is 118 Å². The molecule has 7 aliphatic rings. The van der Waals surface area contributed by atoms with Crippen LogP contribution in [0.3, 0.4) is 0 Å². The number of aldehydes is 1. The summed E-state index contributed by atoms with van der Waals surface area (Å²) in [6, 6.07) is 53.4. The van der Waals surface area contributed by atoms with Crippen LogP contribution in [0.2, 0.25) is 25.1 Å². The molecule has 2 saturated heterocycles. The van der Waals surface area contributed by atoms with Gasteiger partial charge in [0.25, 0.3) is 0 Å². The van der Waals surface area contributed by atoms with Crippen molar-refractivity contribution in [3.05, 3.63) is 314 Å². The van der Waals surface area contributed by atoms with Crippen LogP contribution in [0, 0.1) is 29.1 Å². The lowest BCUT2D eigenvalue weighted by Crippen LogP contribution is -2.43. The molecular weight excluding hydrogens is 2050 g/mol. The lowest BCUT2D eigenvalue weighted by molar-refractivity contribution is -0.120. The Labute approximate surface area is 771 Å². The summed E-state index contributed by atoms with van der Waals surface area (Å²) >= 11 is 46.7. The highest BCUT2D eigenvalue weighted by atomic mass is 79.9. The Bertz CT molecular complexity index is 5880. The zero-order chi connectivity index (χ0) is 87.8. The maximum absolute atomic E-state index is 14.2. The average Bonchev–Trinajstić information content (AvgIpc) is 1.54. The first-order chi connectivity index (χ1) is 56.9. The second-order valence-electron chi connectivity index (χ2n) is 32.6. The molecule has 0 saturated carbocycles. The van der Waals surface area contributed by atoms with E-state index < -0.39 is 98.6 Å². The van der Waals surface area contributed by atoms with E-state index in [1.54, 1.807) is 27.0 Å². The van der Waals surface area contributed by atoms with E-state index in [2.05, 4.69) is 84.0 Å². The van der Waals surface area contributed by atoms with Gasteiger partial charge >= 0.3 is 0 Å². The topological polar surface area (TPSA) is 170 Å². The number of benzene rings is 10. The Balaban J connectivity index is 0.000000131. The number of carbonyl (C=O) groups excluding carboxylic acids is 1. The van der Waals surface area contributed by atoms with Crippen LogP contribution >= 0.6 is 138 Å². The van der Waals surface area contributed by atoms with Crippen molar-refractivity contribution in [1.82, 2.24) is 8.61 Å². The largest absolute Gasteiger partial charge is 0.480 e. The zero-order valence-corrected chi connectivity index (χ0v) is 80.2. The van der Waals surface area contributed by atoms with Gasteiger partial charge in [0.15, 0.2) is 34.3 Å². The number of rotatable bonds is 13. The Morgan fingerprint density at radius 2 is 0.760 bits per heavy atom. The Kier molecular flexibility index (Phi) is 27.4. The quantitative estimate of drug-likeness (QED) is 0.0383. The maximum atomic E-state index is 14.2. The van der Waals surface area contributed by atoms with Crippen molar-refractivity contribution in [2.75, 3.05) is 19.7 Å². The predicted octanol–water partition coefficient (Wildman–Crippen LogP) is 24.0. The summed E-state index contributed by atoms with van der Waals surface area (Å²) in [6.45, 7) is 17.3. The number of sulfonamides is 1. The Morgan fingerprint density at radius 3 is 1.12 bits per heavy atom.